The predicted molar refractivity (Wildman–Crippen MR) is 146 cm³/mol. The second-order valence-electron chi connectivity index (χ2n) is 8.83. The number of nitrogens with zero attached hydrogens (tertiary/aromatic N) is 1. The van der Waals surface area contributed by atoms with Crippen LogP contribution in [-0.4, -0.2) is 24.8 Å². The number of amides is 1. The van der Waals surface area contributed by atoms with Gasteiger partial charge in [-0.05, 0) is 61.1 Å². The monoisotopic (exact) mass is 558 g/mol. The van der Waals surface area contributed by atoms with E-state index in [1.807, 2.05) is 12.1 Å². The first-order valence-corrected chi connectivity index (χ1v) is 13.5. The minimum atomic E-state index is -0.501. The van der Waals surface area contributed by atoms with Gasteiger partial charge in [-0.3, -0.25) is 9.79 Å². The van der Waals surface area contributed by atoms with Crippen molar-refractivity contribution < 1.29 is 9.53 Å². The number of benzene rings is 2. The van der Waals surface area contributed by atoms with Gasteiger partial charge in [0.05, 0.1) is 17.8 Å². The molecule has 178 valence electrons. The van der Waals surface area contributed by atoms with Crippen LogP contribution in [0.2, 0.25) is 5.02 Å². The Morgan fingerprint density at radius 2 is 1.85 bits per heavy atom. The molecular weight excluding hydrogens is 532 g/mol. The third-order valence-corrected chi connectivity index (χ3v) is 8.96. The Kier molecular flexibility index (Phi) is 7.80. The van der Waals surface area contributed by atoms with Gasteiger partial charge in [0.15, 0.2) is 0 Å². The molecule has 0 saturated heterocycles. The fourth-order valence-corrected chi connectivity index (χ4v) is 5.55. The van der Waals surface area contributed by atoms with Crippen LogP contribution in [0, 0.1) is 5.92 Å². The summed E-state index contributed by atoms with van der Waals surface area (Å²) >= 11 is 12.0. The number of carbonyl (C=O) groups excluding carboxylic acids is 1. The van der Waals surface area contributed by atoms with Crippen molar-refractivity contribution in [2.75, 3.05) is 12.4 Å². The van der Waals surface area contributed by atoms with Gasteiger partial charge in [0.1, 0.15) is 16.8 Å². The van der Waals surface area contributed by atoms with Crippen LogP contribution in [0.15, 0.2) is 53.5 Å². The second-order valence-corrected chi connectivity index (χ2v) is 11.4. The van der Waals surface area contributed by atoms with Gasteiger partial charge in [0, 0.05) is 20.8 Å². The van der Waals surface area contributed by atoms with E-state index in [0.29, 0.717) is 21.5 Å². The predicted octanol–water partition coefficient (Wildman–Crippen LogP) is 7.47. The van der Waals surface area contributed by atoms with Crippen molar-refractivity contribution in [3.63, 3.8) is 0 Å². The zero-order chi connectivity index (χ0) is 24.4. The second kappa shape index (κ2) is 10.6. The molecule has 1 aliphatic rings. The molecule has 1 N–H and O–H groups in total. The lowest BCUT2D eigenvalue weighted by atomic mass is 9.99. The normalized spacial score (nSPS) is 16.5. The number of carbonyl (C=O) groups is 1. The molecule has 4 rings (SSSR count). The molecule has 1 aromatic heterocycles. The standard InChI is InChI=1S/C27H28BrClN2O2S/c1-15(2)24(28)18-8-5-17(6-9-18)7-11-20-14-22-25(21-12-10-19(33-4)13-23(21)29)30-16(3)26(32)31-27(22)34-20/h5-6,8-10,12-16,24H,7,11H2,1-4H3,(H,31,32). The number of ether oxygens (including phenoxy) is 1. The van der Waals surface area contributed by atoms with Crippen LogP contribution in [0.5, 0.6) is 5.75 Å². The first kappa shape index (κ1) is 25.0. The summed E-state index contributed by atoms with van der Waals surface area (Å²) in [5.74, 6) is 1.11. The van der Waals surface area contributed by atoms with Crippen molar-refractivity contribution in [3.8, 4) is 5.75 Å². The largest absolute Gasteiger partial charge is 0.497 e. The molecule has 34 heavy (non-hydrogen) atoms. The maximum atomic E-state index is 12.6. The number of fused-ring (bicyclic) bond motifs is 1. The molecule has 2 aromatic carbocycles. The number of aliphatic imine (C=N–C) groups is 1. The molecule has 1 amide bonds. The van der Waals surface area contributed by atoms with E-state index >= 15 is 0 Å². The van der Waals surface area contributed by atoms with Crippen LogP contribution >= 0.6 is 38.9 Å². The molecule has 2 atom stereocenters. The minimum Gasteiger partial charge on any atom is -0.497 e. The van der Waals surface area contributed by atoms with Crippen molar-refractivity contribution in [1.82, 2.24) is 0 Å². The number of rotatable bonds is 7. The van der Waals surface area contributed by atoms with Crippen LogP contribution in [0.4, 0.5) is 5.00 Å². The number of thiophene rings is 1. The topological polar surface area (TPSA) is 50.7 Å². The highest BCUT2D eigenvalue weighted by atomic mass is 79.9. The lowest BCUT2D eigenvalue weighted by Crippen LogP contribution is -2.22. The molecule has 0 fully saturated rings. The van der Waals surface area contributed by atoms with Crippen LogP contribution in [0.3, 0.4) is 0 Å². The quantitative estimate of drug-likeness (QED) is 0.305. The Hall–Kier alpha value is -2.15. The van der Waals surface area contributed by atoms with E-state index in [-0.39, 0.29) is 5.91 Å². The van der Waals surface area contributed by atoms with E-state index in [4.69, 9.17) is 21.3 Å². The smallest absolute Gasteiger partial charge is 0.249 e. The van der Waals surface area contributed by atoms with Gasteiger partial charge in [0.2, 0.25) is 5.91 Å². The van der Waals surface area contributed by atoms with Crippen LogP contribution in [0.25, 0.3) is 0 Å². The fourth-order valence-electron chi connectivity index (χ4n) is 3.92. The number of halogens is 2. The SMILES string of the molecule is COc1ccc(C2=NC(C)C(=O)Nc3sc(CCc4ccc(C(Br)C(C)C)cc4)cc32)c(Cl)c1. The van der Waals surface area contributed by atoms with Gasteiger partial charge in [-0.15, -0.1) is 11.3 Å². The molecule has 2 unspecified atom stereocenters. The highest BCUT2D eigenvalue weighted by Crippen LogP contribution is 2.36. The van der Waals surface area contributed by atoms with Crippen molar-refractivity contribution in [3.05, 3.63) is 80.7 Å². The average molecular weight is 560 g/mol. The number of aryl methyl sites for hydroxylation is 2. The van der Waals surface area contributed by atoms with E-state index in [1.54, 1.807) is 31.4 Å². The number of hydrogen-bond acceptors (Lipinski definition) is 4. The molecule has 0 saturated carbocycles. The summed E-state index contributed by atoms with van der Waals surface area (Å²) in [6.07, 6.45) is 1.81. The van der Waals surface area contributed by atoms with E-state index < -0.39 is 6.04 Å². The van der Waals surface area contributed by atoms with Gasteiger partial charge in [-0.1, -0.05) is 65.6 Å². The molecule has 4 nitrogen and oxygen atoms in total. The third-order valence-electron chi connectivity index (χ3n) is 5.95. The summed E-state index contributed by atoms with van der Waals surface area (Å²) in [6.45, 7) is 6.22. The van der Waals surface area contributed by atoms with Gasteiger partial charge in [0.25, 0.3) is 0 Å². The molecule has 0 radical (unpaired) electrons. The molecular formula is C27H28BrClN2O2S. The summed E-state index contributed by atoms with van der Waals surface area (Å²) in [6, 6.07) is 16.0. The Morgan fingerprint density at radius 1 is 1.12 bits per heavy atom. The van der Waals surface area contributed by atoms with Gasteiger partial charge in [-0.25, -0.2) is 0 Å². The van der Waals surface area contributed by atoms with E-state index in [9.17, 15) is 4.79 Å². The number of methoxy groups -OCH3 is 1. The van der Waals surface area contributed by atoms with Gasteiger partial charge in [-0.2, -0.15) is 0 Å². The molecule has 0 spiro atoms. The fraction of sp³-hybridized carbons (Fsp3) is 0.333. The van der Waals surface area contributed by atoms with Gasteiger partial charge < -0.3 is 10.1 Å². The van der Waals surface area contributed by atoms with Crippen molar-refractivity contribution in [2.45, 2.75) is 44.5 Å². The average Bonchev–Trinajstić information content (AvgIpc) is 3.18. The summed E-state index contributed by atoms with van der Waals surface area (Å²) in [7, 11) is 1.61. The Labute approximate surface area is 218 Å². The minimum absolute atomic E-state index is 0.112. The lowest BCUT2D eigenvalue weighted by Gasteiger charge is -2.14. The molecule has 0 bridgehead atoms. The summed E-state index contributed by atoms with van der Waals surface area (Å²) in [4.78, 5) is 18.9. The first-order valence-electron chi connectivity index (χ1n) is 11.4. The summed E-state index contributed by atoms with van der Waals surface area (Å²) in [5, 5.41) is 4.42. The van der Waals surface area contributed by atoms with Crippen molar-refractivity contribution in [2.24, 2.45) is 10.9 Å². The Balaban J connectivity index is 1.59. The third kappa shape index (κ3) is 5.40. The van der Waals surface area contributed by atoms with Crippen LogP contribution in [-0.2, 0) is 17.6 Å². The lowest BCUT2D eigenvalue weighted by molar-refractivity contribution is -0.116. The highest BCUT2D eigenvalue weighted by molar-refractivity contribution is 9.09. The molecule has 2 heterocycles. The maximum absolute atomic E-state index is 12.6. The summed E-state index contributed by atoms with van der Waals surface area (Å²) in [5.41, 5.74) is 5.04. The number of alkyl halides is 1. The number of hydrogen-bond donors (Lipinski definition) is 1. The van der Waals surface area contributed by atoms with E-state index in [0.717, 1.165) is 34.7 Å². The maximum Gasteiger partial charge on any atom is 0.249 e. The zero-order valence-corrected chi connectivity index (χ0v) is 22.9. The molecule has 0 aliphatic carbocycles. The first-order chi connectivity index (χ1) is 16.3. The summed E-state index contributed by atoms with van der Waals surface area (Å²) < 4.78 is 5.29. The van der Waals surface area contributed by atoms with Crippen molar-refractivity contribution in [1.29, 1.82) is 0 Å². The van der Waals surface area contributed by atoms with Crippen LogP contribution < -0.4 is 10.1 Å². The Bertz CT molecular complexity index is 1220. The van der Waals surface area contributed by atoms with Gasteiger partial charge >= 0.3 is 0 Å². The highest BCUT2D eigenvalue weighted by Gasteiger charge is 2.26. The van der Waals surface area contributed by atoms with Crippen molar-refractivity contribution >= 4 is 55.5 Å². The van der Waals surface area contributed by atoms with E-state index in [1.165, 1.54) is 16.0 Å². The zero-order valence-electron chi connectivity index (χ0n) is 19.7. The number of nitrogens with one attached hydrogen (secondary N) is 1. The van der Waals surface area contributed by atoms with E-state index in [2.05, 4.69) is 65.4 Å². The number of anilines is 1. The molecule has 7 heteroatoms. The molecule has 3 aromatic rings. The Morgan fingerprint density at radius 3 is 2.50 bits per heavy atom. The van der Waals surface area contributed by atoms with Crippen LogP contribution in [0.1, 0.15) is 52.7 Å². The molecule has 1 aliphatic heterocycles.